The maximum absolute atomic E-state index is 12.9. The molecule has 0 aliphatic rings. The lowest BCUT2D eigenvalue weighted by Gasteiger charge is -2.14. The number of carbonyl (C=O) groups excluding carboxylic acids is 1. The number of pyridine rings is 1. The van der Waals surface area contributed by atoms with Crippen LogP contribution in [0.15, 0.2) is 36.5 Å². The third-order valence-corrected chi connectivity index (χ3v) is 3.23. The second-order valence-corrected chi connectivity index (χ2v) is 4.86. The largest absolute Gasteiger partial charge is 0.494 e. The van der Waals surface area contributed by atoms with Gasteiger partial charge in [-0.3, -0.25) is 9.78 Å². The minimum atomic E-state index is -4.47. The van der Waals surface area contributed by atoms with E-state index in [-0.39, 0.29) is 23.4 Å². The number of nitrogens with one attached hydrogen (secondary N) is 1. The van der Waals surface area contributed by atoms with E-state index in [1.54, 1.807) is 6.92 Å². The van der Waals surface area contributed by atoms with Crippen molar-refractivity contribution in [3.8, 4) is 5.75 Å². The van der Waals surface area contributed by atoms with Crippen molar-refractivity contribution in [2.45, 2.75) is 19.6 Å². The normalized spacial score (nSPS) is 11.2. The van der Waals surface area contributed by atoms with Gasteiger partial charge in [0.05, 0.1) is 24.4 Å². The van der Waals surface area contributed by atoms with Gasteiger partial charge < -0.3 is 10.1 Å². The van der Waals surface area contributed by atoms with Gasteiger partial charge in [0.25, 0.3) is 5.91 Å². The number of amides is 1. The maximum Gasteiger partial charge on any atom is 0.416 e. The molecule has 1 N–H and O–H groups in total. The van der Waals surface area contributed by atoms with Gasteiger partial charge in [0, 0.05) is 12.2 Å². The molecular weight excluding hydrogens is 309 g/mol. The summed E-state index contributed by atoms with van der Waals surface area (Å²) < 4.78 is 43.8. The molecule has 0 saturated heterocycles. The van der Waals surface area contributed by atoms with Crippen LogP contribution in [-0.2, 0) is 12.7 Å². The third-order valence-electron chi connectivity index (χ3n) is 3.23. The second kappa shape index (κ2) is 6.68. The Hall–Kier alpha value is -2.57. The van der Waals surface area contributed by atoms with Gasteiger partial charge in [-0.15, -0.1) is 0 Å². The zero-order valence-corrected chi connectivity index (χ0v) is 12.6. The Morgan fingerprint density at radius 3 is 2.65 bits per heavy atom. The van der Waals surface area contributed by atoms with E-state index in [4.69, 9.17) is 4.74 Å². The van der Waals surface area contributed by atoms with Crippen molar-refractivity contribution >= 4 is 5.91 Å². The van der Waals surface area contributed by atoms with Crippen LogP contribution >= 0.6 is 0 Å². The molecule has 1 heterocycles. The fourth-order valence-corrected chi connectivity index (χ4v) is 2.11. The van der Waals surface area contributed by atoms with Crippen LogP contribution in [0.2, 0.25) is 0 Å². The van der Waals surface area contributed by atoms with Crippen molar-refractivity contribution in [3.63, 3.8) is 0 Å². The van der Waals surface area contributed by atoms with Crippen molar-refractivity contribution in [2.24, 2.45) is 0 Å². The number of halogens is 3. The number of methoxy groups -OCH3 is 1. The lowest BCUT2D eigenvalue weighted by molar-refractivity contribution is -0.138. The molecule has 2 rings (SSSR count). The number of nitrogens with zero attached hydrogens (tertiary/aromatic N) is 1. The van der Waals surface area contributed by atoms with Gasteiger partial charge in [0.1, 0.15) is 5.75 Å². The number of aryl methyl sites for hydroxylation is 1. The summed E-state index contributed by atoms with van der Waals surface area (Å²) in [6.45, 7) is 1.47. The molecular formula is C16H15F3N2O2. The van der Waals surface area contributed by atoms with E-state index < -0.39 is 17.6 Å². The first kappa shape index (κ1) is 16.8. The summed E-state index contributed by atoms with van der Waals surface area (Å²) in [5.41, 5.74) is 0.0624. The standard InChI is InChI=1S/C16H15F3N2O2/c1-10-7-12(14(23-2)9-20-10)15(22)21-8-11-5-3-4-6-13(11)16(17,18)19/h3-7,9H,8H2,1-2H3,(H,21,22). The number of hydrogen-bond acceptors (Lipinski definition) is 3. The van der Waals surface area contributed by atoms with Crippen molar-refractivity contribution in [1.82, 2.24) is 10.3 Å². The fraction of sp³-hybridized carbons (Fsp3) is 0.250. The minimum Gasteiger partial charge on any atom is -0.494 e. The van der Waals surface area contributed by atoms with Gasteiger partial charge in [-0.05, 0) is 24.6 Å². The van der Waals surface area contributed by atoms with Crippen LogP contribution in [0.4, 0.5) is 13.2 Å². The monoisotopic (exact) mass is 324 g/mol. The fourth-order valence-electron chi connectivity index (χ4n) is 2.11. The Morgan fingerprint density at radius 1 is 1.30 bits per heavy atom. The van der Waals surface area contributed by atoms with Gasteiger partial charge in [-0.1, -0.05) is 18.2 Å². The summed E-state index contributed by atoms with van der Waals surface area (Å²) in [5.74, 6) is -0.262. The quantitative estimate of drug-likeness (QED) is 0.938. The molecule has 2 aromatic rings. The van der Waals surface area contributed by atoms with Crippen LogP contribution in [0.5, 0.6) is 5.75 Å². The summed E-state index contributed by atoms with van der Waals surface area (Å²) in [7, 11) is 1.39. The molecule has 23 heavy (non-hydrogen) atoms. The van der Waals surface area contributed by atoms with Gasteiger partial charge in [-0.25, -0.2) is 0 Å². The van der Waals surface area contributed by atoms with Crippen molar-refractivity contribution < 1.29 is 22.7 Å². The van der Waals surface area contributed by atoms with Crippen LogP contribution in [0, 0.1) is 6.92 Å². The number of hydrogen-bond donors (Lipinski definition) is 1. The van der Waals surface area contributed by atoms with Crippen molar-refractivity contribution in [1.29, 1.82) is 0 Å². The first-order valence-corrected chi connectivity index (χ1v) is 6.77. The van der Waals surface area contributed by atoms with Crippen LogP contribution in [0.3, 0.4) is 0 Å². The summed E-state index contributed by atoms with van der Waals surface area (Å²) >= 11 is 0. The molecule has 0 unspecified atom stereocenters. The summed E-state index contributed by atoms with van der Waals surface area (Å²) in [6.07, 6.45) is -3.07. The summed E-state index contributed by atoms with van der Waals surface area (Å²) in [5, 5.41) is 2.48. The summed E-state index contributed by atoms with van der Waals surface area (Å²) in [4.78, 5) is 16.2. The Labute approximate surface area is 131 Å². The highest BCUT2D eigenvalue weighted by Gasteiger charge is 2.32. The number of rotatable bonds is 4. The maximum atomic E-state index is 12.9. The Balaban J connectivity index is 2.19. The van der Waals surface area contributed by atoms with E-state index in [1.165, 1.54) is 37.6 Å². The molecule has 0 fully saturated rings. The van der Waals surface area contributed by atoms with E-state index in [9.17, 15) is 18.0 Å². The van der Waals surface area contributed by atoms with E-state index in [2.05, 4.69) is 10.3 Å². The van der Waals surface area contributed by atoms with E-state index >= 15 is 0 Å². The molecule has 1 aromatic heterocycles. The lowest BCUT2D eigenvalue weighted by atomic mass is 10.1. The second-order valence-electron chi connectivity index (χ2n) is 4.86. The predicted molar refractivity (Wildman–Crippen MR) is 78.1 cm³/mol. The predicted octanol–water partition coefficient (Wildman–Crippen LogP) is 3.35. The Morgan fingerprint density at radius 2 is 2.00 bits per heavy atom. The van der Waals surface area contributed by atoms with Gasteiger partial charge >= 0.3 is 6.18 Å². The molecule has 0 radical (unpaired) electrons. The molecule has 0 atom stereocenters. The first-order valence-electron chi connectivity index (χ1n) is 6.77. The van der Waals surface area contributed by atoms with Gasteiger partial charge in [0.15, 0.2) is 0 Å². The molecule has 7 heteroatoms. The zero-order valence-electron chi connectivity index (χ0n) is 12.6. The molecule has 0 saturated carbocycles. The zero-order chi connectivity index (χ0) is 17.0. The Kier molecular flexibility index (Phi) is 4.88. The van der Waals surface area contributed by atoms with Crippen LogP contribution in [0.25, 0.3) is 0 Å². The van der Waals surface area contributed by atoms with E-state index in [1.807, 2.05) is 0 Å². The van der Waals surface area contributed by atoms with E-state index in [0.717, 1.165) is 6.07 Å². The molecule has 0 bridgehead atoms. The molecule has 0 aliphatic carbocycles. The molecule has 1 aromatic carbocycles. The topological polar surface area (TPSA) is 51.2 Å². The summed E-state index contributed by atoms with van der Waals surface area (Å²) in [6, 6.07) is 6.64. The highest BCUT2D eigenvalue weighted by Crippen LogP contribution is 2.31. The van der Waals surface area contributed by atoms with Gasteiger partial charge in [0.2, 0.25) is 0 Å². The molecule has 0 aliphatic heterocycles. The number of carbonyl (C=O) groups is 1. The number of aromatic nitrogens is 1. The van der Waals surface area contributed by atoms with Crippen LogP contribution < -0.4 is 10.1 Å². The first-order chi connectivity index (χ1) is 10.8. The Bertz CT molecular complexity index is 715. The molecule has 0 spiro atoms. The molecule has 4 nitrogen and oxygen atoms in total. The molecule has 122 valence electrons. The number of alkyl halides is 3. The molecule has 1 amide bonds. The average molecular weight is 324 g/mol. The van der Waals surface area contributed by atoms with Crippen LogP contribution in [-0.4, -0.2) is 18.0 Å². The van der Waals surface area contributed by atoms with Crippen molar-refractivity contribution in [3.05, 3.63) is 58.9 Å². The highest BCUT2D eigenvalue weighted by molar-refractivity contribution is 5.96. The SMILES string of the molecule is COc1cnc(C)cc1C(=O)NCc1ccccc1C(F)(F)F. The number of ether oxygens (including phenoxy) is 1. The van der Waals surface area contributed by atoms with Crippen LogP contribution in [0.1, 0.15) is 27.2 Å². The average Bonchev–Trinajstić information content (AvgIpc) is 2.52. The van der Waals surface area contributed by atoms with Crippen molar-refractivity contribution in [2.75, 3.05) is 7.11 Å². The highest BCUT2D eigenvalue weighted by atomic mass is 19.4. The van der Waals surface area contributed by atoms with E-state index in [0.29, 0.717) is 5.69 Å². The third kappa shape index (κ3) is 4.00. The smallest absolute Gasteiger partial charge is 0.416 e. The number of benzene rings is 1. The minimum absolute atomic E-state index is 0.00176. The lowest BCUT2D eigenvalue weighted by Crippen LogP contribution is -2.25. The van der Waals surface area contributed by atoms with Gasteiger partial charge in [-0.2, -0.15) is 13.2 Å².